The van der Waals surface area contributed by atoms with Crippen LogP contribution in [0.1, 0.15) is 30.3 Å². The van der Waals surface area contributed by atoms with Gasteiger partial charge in [-0.2, -0.15) is 5.10 Å². The molecule has 0 bridgehead atoms. The van der Waals surface area contributed by atoms with Crippen molar-refractivity contribution in [2.75, 3.05) is 27.2 Å². The van der Waals surface area contributed by atoms with Gasteiger partial charge >= 0.3 is 0 Å². The summed E-state index contributed by atoms with van der Waals surface area (Å²) in [4.78, 5) is 14.4. The van der Waals surface area contributed by atoms with Gasteiger partial charge in [-0.1, -0.05) is 13.3 Å². The second-order valence-electron chi connectivity index (χ2n) is 5.00. The van der Waals surface area contributed by atoms with Gasteiger partial charge in [-0.3, -0.25) is 9.48 Å². The van der Waals surface area contributed by atoms with Crippen molar-refractivity contribution in [3.05, 3.63) is 16.4 Å². The fourth-order valence-corrected chi connectivity index (χ4v) is 2.37. The van der Waals surface area contributed by atoms with E-state index in [1.165, 1.54) is 0 Å². The third-order valence-corrected chi connectivity index (χ3v) is 3.78. The predicted molar refractivity (Wildman–Crippen MR) is 80.3 cm³/mol. The maximum Gasteiger partial charge on any atom is 0.182 e. The highest BCUT2D eigenvalue weighted by molar-refractivity contribution is 9.10. The molecule has 0 fully saturated rings. The molecule has 0 spiro atoms. The fourth-order valence-electron chi connectivity index (χ4n) is 1.86. The van der Waals surface area contributed by atoms with E-state index in [1.807, 2.05) is 14.1 Å². The number of hydrogen-bond donors (Lipinski definition) is 1. The molecule has 108 valence electrons. The minimum Gasteiger partial charge on any atom is -0.330 e. The summed E-state index contributed by atoms with van der Waals surface area (Å²) in [5.41, 5.74) is 6.33. The summed E-state index contributed by atoms with van der Waals surface area (Å²) in [5.74, 6) is 0.358. The molecule has 1 heterocycles. The summed E-state index contributed by atoms with van der Waals surface area (Å²) in [5, 5.41) is 4.26. The normalized spacial score (nSPS) is 12.9. The maximum absolute atomic E-state index is 12.4. The Morgan fingerprint density at radius 1 is 1.58 bits per heavy atom. The van der Waals surface area contributed by atoms with Crippen LogP contribution in [0.5, 0.6) is 0 Å². The number of Topliss-reactive ketones (excluding diaryl/α,β-unsaturated/α-hetero) is 1. The largest absolute Gasteiger partial charge is 0.330 e. The molecule has 1 aromatic heterocycles. The van der Waals surface area contributed by atoms with E-state index >= 15 is 0 Å². The number of nitrogens with two attached hydrogens (primary N) is 1. The standard InChI is InChI=1S/C13H23BrN4O/c1-4-10(8-15)7-12(19)13-11(14)9-16-18(13)6-5-17(2)3/h9-10H,4-8,15H2,1-3H3. The number of ketones is 1. The molecule has 2 N–H and O–H groups in total. The number of nitrogens with zero attached hydrogens (tertiary/aromatic N) is 3. The van der Waals surface area contributed by atoms with E-state index in [0.29, 0.717) is 25.2 Å². The van der Waals surface area contributed by atoms with Crippen molar-refractivity contribution in [1.29, 1.82) is 0 Å². The van der Waals surface area contributed by atoms with Gasteiger partial charge in [-0.15, -0.1) is 0 Å². The lowest BCUT2D eigenvalue weighted by atomic mass is 9.98. The number of hydrogen-bond acceptors (Lipinski definition) is 4. The molecule has 0 saturated carbocycles. The van der Waals surface area contributed by atoms with Crippen LogP contribution in [0.2, 0.25) is 0 Å². The van der Waals surface area contributed by atoms with Crippen LogP contribution in [0.3, 0.4) is 0 Å². The molecule has 19 heavy (non-hydrogen) atoms. The number of carbonyl (C=O) groups excluding carboxylic acids is 1. The van der Waals surface area contributed by atoms with E-state index in [9.17, 15) is 4.79 Å². The molecule has 0 aromatic carbocycles. The van der Waals surface area contributed by atoms with Crippen LogP contribution >= 0.6 is 15.9 Å². The van der Waals surface area contributed by atoms with Crippen molar-refractivity contribution < 1.29 is 4.79 Å². The van der Waals surface area contributed by atoms with Crippen molar-refractivity contribution in [2.24, 2.45) is 11.7 Å². The van der Waals surface area contributed by atoms with Crippen LogP contribution in [0, 0.1) is 5.92 Å². The van der Waals surface area contributed by atoms with Crippen LogP contribution in [0.4, 0.5) is 0 Å². The third-order valence-electron chi connectivity index (χ3n) is 3.20. The topological polar surface area (TPSA) is 64.2 Å². The predicted octanol–water partition coefficient (Wildman–Crippen LogP) is 1.76. The van der Waals surface area contributed by atoms with Crippen molar-refractivity contribution in [2.45, 2.75) is 26.3 Å². The van der Waals surface area contributed by atoms with Gasteiger partial charge in [0.05, 0.1) is 17.2 Å². The second-order valence-corrected chi connectivity index (χ2v) is 5.86. The van der Waals surface area contributed by atoms with E-state index in [0.717, 1.165) is 17.4 Å². The van der Waals surface area contributed by atoms with Gasteiger partial charge in [0, 0.05) is 13.0 Å². The molecular weight excluding hydrogens is 308 g/mol. The Morgan fingerprint density at radius 2 is 2.26 bits per heavy atom. The first kappa shape index (κ1) is 16.3. The number of aromatic nitrogens is 2. The average molecular weight is 331 g/mol. The van der Waals surface area contributed by atoms with Crippen LogP contribution < -0.4 is 5.73 Å². The van der Waals surface area contributed by atoms with Crippen LogP contribution in [0.15, 0.2) is 10.7 Å². The summed E-state index contributed by atoms with van der Waals surface area (Å²) >= 11 is 3.41. The summed E-state index contributed by atoms with van der Waals surface area (Å²) in [7, 11) is 4.00. The molecule has 0 radical (unpaired) electrons. The second kappa shape index (κ2) is 7.77. The van der Waals surface area contributed by atoms with Crippen LogP contribution in [0.25, 0.3) is 0 Å². The van der Waals surface area contributed by atoms with E-state index in [2.05, 4.69) is 32.9 Å². The number of carbonyl (C=O) groups is 1. The van der Waals surface area contributed by atoms with E-state index < -0.39 is 0 Å². The molecule has 1 unspecified atom stereocenters. The lowest BCUT2D eigenvalue weighted by Crippen LogP contribution is -2.23. The zero-order valence-corrected chi connectivity index (χ0v) is 13.5. The van der Waals surface area contributed by atoms with Gasteiger partial charge in [0.15, 0.2) is 5.78 Å². The lowest BCUT2D eigenvalue weighted by Gasteiger charge is -2.14. The van der Waals surface area contributed by atoms with Gasteiger partial charge < -0.3 is 10.6 Å². The molecule has 0 aliphatic rings. The minimum absolute atomic E-state index is 0.112. The molecular formula is C13H23BrN4O. The SMILES string of the molecule is CCC(CN)CC(=O)c1c(Br)cnn1CCN(C)C. The third kappa shape index (κ3) is 4.71. The van der Waals surface area contributed by atoms with E-state index in [1.54, 1.807) is 10.9 Å². The Balaban J connectivity index is 2.80. The molecule has 1 rings (SSSR count). The number of likely N-dealkylation sites (N-methyl/N-ethyl adjacent to an activating group) is 1. The van der Waals surface area contributed by atoms with Crippen molar-refractivity contribution in [3.8, 4) is 0 Å². The minimum atomic E-state index is 0.112. The number of rotatable bonds is 8. The summed E-state index contributed by atoms with van der Waals surface area (Å²) in [6.07, 6.45) is 3.09. The molecule has 5 nitrogen and oxygen atoms in total. The quantitative estimate of drug-likeness (QED) is 0.738. The molecule has 6 heteroatoms. The molecule has 0 amide bonds. The van der Waals surface area contributed by atoms with E-state index in [-0.39, 0.29) is 11.7 Å². The zero-order chi connectivity index (χ0) is 14.4. The van der Waals surface area contributed by atoms with Crippen molar-refractivity contribution in [1.82, 2.24) is 14.7 Å². The van der Waals surface area contributed by atoms with Crippen molar-refractivity contribution >= 4 is 21.7 Å². The first-order valence-electron chi connectivity index (χ1n) is 6.58. The Bertz CT molecular complexity index is 413. The number of halogens is 1. The monoisotopic (exact) mass is 330 g/mol. The van der Waals surface area contributed by atoms with Crippen molar-refractivity contribution in [3.63, 3.8) is 0 Å². The Hall–Kier alpha value is -0.720. The van der Waals surface area contributed by atoms with Gasteiger partial charge in [0.1, 0.15) is 5.69 Å². The average Bonchev–Trinajstić information content (AvgIpc) is 2.74. The molecule has 0 saturated heterocycles. The van der Waals surface area contributed by atoms with Crippen LogP contribution in [-0.4, -0.2) is 47.6 Å². The zero-order valence-electron chi connectivity index (χ0n) is 11.9. The first-order chi connectivity index (χ1) is 8.99. The Morgan fingerprint density at radius 3 is 2.79 bits per heavy atom. The van der Waals surface area contributed by atoms with E-state index in [4.69, 9.17) is 5.73 Å². The van der Waals surface area contributed by atoms with Gasteiger partial charge in [-0.25, -0.2) is 0 Å². The van der Waals surface area contributed by atoms with Crippen LogP contribution in [-0.2, 0) is 6.54 Å². The Kier molecular flexibility index (Phi) is 6.68. The highest BCUT2D eigenvalue weighted by Gasteiger charge is 2.20. The maximum atomic E-state index is 12.4. The highest BCUT2D eigenvalue weighted by Crippen LogP contribution is 2.20. The highest BCUT2D eigenvalue weighted by atomic mass is 79.9. The molecule has 1 atom stereocenters. The summed E-state index contributed by atoms with van der Waals surface area (Å²) < 4.78 is 2.54. The molecule has 0 aliphatic carbocycles. The Labute approximate surface area is 123 Å². The lowest BCUT2D eigenvalue weighted by molar-refractivity contribution is 0.0949. The molecule has 0 aliphatic heterocycles. The fraction of sp³-hybridized carbons (Fsp3) is 0.692. The smallest absolute Gasteiger partial charge is 0.182 e. The van der Waals surface area contributed by atoms with Gasteiger partial charge in [-0.05, 0) is 42.5 Å². The van der Waals surface area contributed by atoms with Gasteiger partial charge in [0.25, 0.3) is 0 Å². The summed E-state index contributed by atoms with van der Waals surface area (Å²) in [6, 6.07) is 0. The summed E-state index contributed by atoms with van der Waals surface area (Å²) in [6.45, 7) is 4.16. The van der Waals surface area contributed by atoms with Gasteiger partial charge in [0.2, 0.25) is 0 Å². The molecule has 1 aromatic rings. The first-order valence-corrected chi connectivity index (χ1v) is 7.38.